The predicted molar refractivity (Wildman–Crippen MR) is 59.2 cm³/mol. The summed E-state index contributed by atoms with van der Waals surface area (Å²) in [6, 6.07) is 0. The molecule has 14 heavy (non-hydrogen) atoms. The summed E-state index contributed by atoms with van der Waals surface area (Å²) < 4.78 is 13.2. The highest BCUT2D eigenvalue weighted by atomic mass is 19.1. The van der Waals surface area contributed by atoms with Crippen LogP contribution in [-0.4, -0.2) is 29.7 Å². The molecule has 0 unspecified atom stereocenters. The minimum absolute atomic E-state index is 0.0411. The average Bonchev–Trinajstić information content (AvgIpc) is 2.67. The van der Waals surface area contributed by atoms with Gasteiger partial charge in [0, 0.05) is 25.0 Å². The van der Waals surface area contributed by atoms with Crippen LogP contribution in [0.2, 0.25) is 0 Å². The summed E-state index contributed by atoms with van der Waals surface area (Å²) in [5.41, 5.74) is 1.30. The van der Waals surface area contributed by atoms with E-state index < -0.39 is 6.17 Å². The second-order valence-corrected chi connectivity index (χ2v) is 3.99. The first-order valence-electron chi connectivity index (χ1n) is 5.76. The van der Waals surface area contributed by atoms with Crippen LogP contribution >= 0.6 is 0 Å². The maximum absolute atomic E-state index is 13.2. The molecule has 0 N–H and O–H groups in total. The van der Waals surface area contributed by atoms with Gasteiger partial charge >= 0.3 is 0 Å². The SMILES string of the molecule is C=C1CCN2C[C@H](F)C[C@]12CC.CC. The molecule has 2 heterocycles. The lowest BCUT2D eigenvalue weighted by atomic mass is 9.87. The number of hydrogen-bond donors (Lipinski definition) is 0. The van der Waals surface area contributed by atoms with Crippen molar-refractivity contribution in [2.24, 2.45) is 0 Å². The van der Waals surface area contributed by atoms with E-state index in [1.54, 1.807) is 0 Å². The van der Waals surface area contributed by atoms with Crippen LogP contribution in [0.1, 0.15) is 40.0 Å². The Balaban J connectivity index is 0.000000461. The first-order chi connectivity index (χ1) is 6.69. The highest BCUT2D eigenvalue weighted by Gasteiger charge is 2.49. The molecule has 2 saturated heterocycles. The van der Waals surface area contributed by atoms with E-state index in [2.05, 4.69) is 18.4 Å². The van der Waals surface area contributed by atoms with Crippen LogP contribution in [-0.2, 0) is 0 Å². The van der Waals surface area contributed by atoms with Crippen LogP contribution < -0.4 is 0 Å². The first kappa shape index (κ1) is 11.7. The fourth-order valence-corrected chi connectivity index (χ4v) is 2.77. The van der Waals surface area contributed by atoms with Crippen molar-refractivity contribution in [3.05, 3.63) is 12.2 Å². The Morgan fingerprint density at radius 1 is 1.57 bits per heavy atom. The number of nitrogens with zero attached hydrogens (tertiary/aromatic N) is 1. The third-order valence-corrected chi connectivity index (χ3v) is 3.51. The smallest absolute Gasteiger partial charge is 0.115 e. The molecule has 0 bridgehead atoms. The number of hydrogen-bond acceptors (Lipinski definition) is 1. The first-order valence-corrected chi connectivity index (χ1v) is 5.76. The molecule has 0 spiro atoms. The summed E-state index contributed by atoms with van der Waals surface area (Å²) in [6.45, 7) is 11.9. The van der Waals surface area contributed by atoms with E-state index >= 15 is 0 Å². The molecule has 1 nitrogen and oxygen atoms in total. The van der Waals surface area contributed by atoms with Gasteiger partial charge in [0.15, 0.2) is 0 Å². The second kappa shape index (κ2) is 4.43. The van der Waals surface area contributed by atoms with E-state index in [4.69, 9.17) is 0 Å². The van der Waals surface area contributed by atoms with Gasteiger partial charge in [0.1, 0.15) is 6.17 Å². The quantitative estimate of drug-likeness (QED) is 0.586. The van der Waals surface area contributed by atoms with Crippen LogP contribution in [0.3, 0.4) is 0 Å². The summed E-state index contributed by atoms with van der Waals surface area (Å²) in [7, 11) is 0. The van der Waals surface area contributed by atoms with Crippen molar-refractivity contribution in [2.75, 3.05) is 13.1 Å². The molecule has 0 aromatic carbocycles. The number of halogens is 1. The molecule has 0 aromatic rings. The zero-order valence-electron chi connectivity index (χ0n) is 9.65. The summed E-state index contributed by atoms with van der Waals surface area (Å²) in [6.07, 6.45) is 2.15. The summed E-state index contributed by atoms with van der Waals surface area (Å²) in [4.78, 5) is 2.28. The Hall–Kier alpha value is -0.370. The van der Waals surface area contributed by atoms with Gasteiger partial charge < -0.3 is 0 Å². The van der Waals surface area contributed by atoms with Gasteiger partial charge in [-0.3, -0.25) is 4.90 Å². The molecule has 0 aliphatic carbocycles. The van der Waals surface area contributed by atoms with Crippen LogP contribution in [0.25, 0.3) is 0 Å². The summed E-state index contributed by atoms with van der Waals surface area (Å²) >= 11 is 0. The monoisotopic (exact) mass is 199 g/mol. The van der Waals surface area contributed by atoms with Gasteiger partial charge in [-0.1, -0.05) is 32.9 Å². The molecule has 0 radical (unpaired) electrons. The zero-order chi connectivity index (χ0) is 10.8. The Labute approximate surface area is 87.0 Å². The van der Waals surface area contributed by atoms with Crippen molar-refractivity contribution >= 4 is 0 Å². The van der Waals surface area contributed by atoms with Gasteiger partial charge in [0.25, 0.3) is 0 Å². The van der Waals surface area contributed by atoms with Crippen LogP contribution in [0.5, 0.6) is 0 Å². The molecule has 82 valence electrons. The number of fused-ring (bicyclic) bond motifs is 1. The van der Waals surface area contributed by atoms with Crippen molar-refractivity contribution in [2.45, 2.75) is 51.7 Å². The molecule has 2 heteroatoms. The molecule has 0 aromatic heterocycles. The maximum Gasteiger partial charge on any atom is 0.115 e. The average molecular weight is 199 g/mol. The lowest BCUT2D eigenvalue weighted by Gasteiger charge is -2.31. The van der Waals surface area contributed by atoms with Gasteiger partial charge in [-0.25, -0.2) is 4.39 Å². The molecule has 0 amide bonds. The lowest BCUT2D eigenvalue weighted by molar-refractivity contribution is 0.216. The number of rotatable bonds is 1. The molecule has 2 rings (SSSR count). The Kier molecular flexibility index (Phi) is 3.71. The summed E-state index contributed by atoms with van der Waals surface area (Å²) in [5.74, 6) is 0. The third kappa shape index (κ3) is 1.60. The maximum atomic E-state index is 13.2. The lowest BCUT2D eigenvalue weighted by Crippen LogP contribution is -2.38. The third-order valence-electron chi connectivity index (χ3n) is 3.51. The van der Waals surface area contributed by atoms with Crippen molar-refractivity contribution in [1.29, 1.82) is 0 Å². The van der Waals surface area contributed by atoms with E-state index in [0.29, 0.717) is 13.0 Å². The van der Waals surface area contributed by atoms with Crippen LogP contribution in [0.4, 0.5) is 4.39 Å². The zero-order valence-corrected chi connectivity index (χ0v) is 9.65. The van der Waals surface area contributed by atoms with Crippen molar-refractivity contribution in [3.63, 3.8) is 0 Å². The molecule has 2 fully saturated rings. The van der Waals surface area contributed by atoms with E-state index in [-0.39, 0.29) is 5.54 Å². The minimum Gasteiger partial charge on any atom is -0.291 e. The molecule has 2 aliphatic rings. The second-order valence-electron chi connectivity index (χ2n) is 3.99. The van der Waals surface area contributed by atoms with E-state index in [0.717, 1.165) is 19.4 Å². The Morgan fingerprint density at radius 2 is 2.21 bits per heavy atom. The fraction of sp³-hybridized carbons (Fsp3) is 0.833. The Bertz CT molecular complexity index is 214. The fourth-order valence-electron chi connectivity index (χ4n) is 2.77. The molecular formula is C12H22FN. The van der Waals surface area contributed by atoms with Gasteiger partial charge in [-0.2, -0.15) is 0 Å². The minimum atomic E-state index is -0.623. The topological polar surface area (TPSA) is 3.24 Å². The standard InChI is InChI=1S/C10H16FN.C2H6/c1-3-10-6-9(11)7-12(10)5-4-8(10)2;1-2/h9H,2-7H2,1H3;1-2H3/t9-,10-;/m1./s1. The van der Waals surface area contributed by atoms with E-state index in [1.807, 2.05) is 13.8 Å². The van der Waals surface area contributed by atoms with Gasteiger partial charge in [0.2, 0.25) is 0 Å². The van der Waals surface area contributed by atoms with E-state index in [1.165, 1.54) is 5.57 Å². The predicted octanol–water partition coefficient (Wildman–Crippen LogP) is 3.17. The van der Waals surface area contributed by atoms with Crippen LogP contribution in [0.15, 0.2) is 12.2 Å². The van der Waals surface area contributed by atoms with Gasteiger partial charge in [-0.05, 0) is 12.8 Å². The highest BCUT2D eigenvalue weighted by Crippen LogP contribution is 2.44. The molecular weight excluding hydrogens is 177 g/mol. The molecule has 2 aliphatic heterocycles. The highest BCUT2D eigenvalue weighted by molar-refractivity contribution is 5.25. The largest absolute Gasteiger partial charge is 0.291 e. The number of alkyl halides is 1. The normalized spacial score (nSPS) is 36.6. The van der Waals surface area contributed by atoms with Crippen molar-refractivity contribution in [3.8, 4) is 0 Å². The van der Waals surface area contributed by atoms with Crippen LogP contribution in [0, 0.1) is 0 Å². The van der Waals surface area contributed by atoms with Crippen molar-refractivity contribution < 1.29 is 4.39 Å². The molecule has 2 atom stereocenters. The van der Waals surface area contributed by atoms with E-state index in [9.17, 15) is 4.39 Å². The van der Waals surface area contributed by atoms with Gasteiger partial charge in [-0.15, -0.1) is 0 Å². The van der Waals surface area contributed by atoms with Gasteiger partial charge in [0.05, 0.1) is 0 Å². The Morgan fingerprint density at radius 3 is 2.71 bits per heavy atom. The molecule has 0 saturated carbocycles. The van der Waals surface area contributed by atoms with Crippen molar-refractivity contribution in [1.82, 2.24) is 4.90 Å². The summed E-state index contributed by atoms with van der Waals surface area (Å²) in [5, 5.41) is 0.